The molecular weight excluding hydrogens is 438 g/mol. The SMILES string of the molecule is O=C(C[C@@]1(c2cccc(F)c2)CC(=O)N(C2CCCC2)C1=O)N1CC[C@@H](c2ccc(F)cc2)C1. The molecular formula is C27H28F2N2O3. The lowest BCUT2D eigenvalue weighted by atomic mass is 9.75. The van der Waals surface area contributed by atoms with Gasteiger partial charge in [0.05, 0.1) is 5.41 Å². The molecule has 2 heterocycles. The van der Waals surface area contributed by atoms with Gasteiger partial charge in [0.15, 0.2) is 0 Å². The molecule has 0 spiro atoms. The van der Waals surface area contributed by atoms with Gasteiger partial charge in [0.25, 0.3) is 0 Å². The summed E-state index contributed by atoms with van der Waals surface area (Å²) in [7, 11) is 0. The first-order chi connectivity index (χ1) is 16.4. The van der Waals surface area contributed by atoms with E-state index >= 15 is 0 Å². The molecule has 3 amide bonds. The fourth-order valence-corrected chi connectivity index (χ4v) is 5.91. The lowest BCUT2D eigenvalue weighted by Crippen LogP contribution is -2.45. The van der Waals surface area contributed by atoms with Gasteiger partial charge >= 0.3 is 0 Å². The molecule has 5 rings (SSSR count). The quantitative estimate of drug-likeness (QED) is 0.617. The Morgan fingerprint density at radius 1 is 0.971 bits per heavy atom. The van der Waals surface area contributed by atoms with Crippen molar-refractivity contribution in [1.29, 1.82) is 0 Å². The van der Waals surface area contributed by atoms with Crippen molar-refractivity contribution in [2.75, 3.05) is 13.1 Å². The highest BCUT2D eigenvalue weighted by Gasteiger charge is 2.56. The highest BCUT2D eigenvalue weighted by atomic mass is 19.1. The Labute approximate surface area is 197 Å². The van der Waals surface area contributed by atoms with Crippen molar-refractivity contribution in [3.8, 4) is 0 Å². The molecule has 34 heavy (non-hydrogen) atoms. The van der Waals surface area contributed by atoms with E-state index in [1.54, 1.807) is 23.1 Å². The zero-order valence-corrected chi connectivity index (χ0v) is 19.0. The van der Waals surface area contributed by atoms with Crippen molar-refractivity contribution in [2.45, 2.75) is 62.3 Å². The monoisotopic (exact) mass is 466 g/mol. The summed E-state index contributed by atoms with van der Waals surface area (Å²) in [5.41, 5.74) is -0.0302. The summed E-state index contributed by atoms with van der Waals surface area (Å²) in [6.07, 6.45) is 3.93. The molecule has 2 saturated heterocycles. The van der Waals surface area contributed by atoms with Gasteiger partial charge in [0, 0.05) is 37.9 Å². The molecule has 2 aromatic rings. The molecule has 5 nitrogen and oxygen atoms in total. The number of nitrogens with zero attached hydrogens (tertiary/aromatic N) is 2. The third kappa shape index (κ3) is 4.01. The Morgan fingerprint density at radius 3 is 2.41 bits per heavy atom. The van der Waals surface area contributed by atoms with Crippen LogP contribution in [0.3, 0.4) is 0 Å². The number of likely N-dealkylation sites (tertiary alicyclic amines) is 2. The van der Waals surface area contributed by atoms with Crippen LogP contribution in [0.25, 0.3) is 0 Å². The van der Waals surface area contributed by atoms with Crippen molar-refractivity contribution in [3.63, 3.8) is 0 Å². The second kappa shape index (κ2) is 8.93. The fourth-order valence-electron chi connectivity index (χ4n) is 5.91. The number of hydrogen-bond donors (Lipinski definition) is 0. The van der Waals surface area contributed by atoms with Crippen LogP contribution in [0.1, 0.15) is 62.0 Å². The number of hydrogen-bond acceptors (Lipinski definition) is 3. The van der Waals surface area contributed by atoms with Gasteiger partial charge in [-0.05, 0) is 54.7 Å². The standard InChI is InChI=1S/C27H28F2N2O3/c28-21-10-8-18(9-11-21)19-12-13-30(17-19)24(32)15-27(20-4-3-5-22(29)14-20)16-25(33)31(26(27)34)23-6-1-2-7-23/h3-5,8-11,14,19,23H,1-2,6-7,12-13,15-17H2/t19-,27+/m1/s1. The molecule has 3 aliphatic rings. The minimum Gasteiger partial charge on any atom is -0.342 e. The van der Waals surface area contributed by atoms with E-state index in [9.17, 15) is 23.2 Å². The molecule has 1 saturated carbocycles. The van der Waals surface area contributed by atoms with Gasteiger partial charge in [0.1, 0.15) is 11.6 Å². The summed E-state index contributed by atoms with van der Waals surface area (Å²) >= 11 is 0. The maximum Gasteiger partial charge on any atom is 0.241 e. The van der Waals surface area contributed by atoms with E-state index in [1.807, 2.05) is 0 Å². The summed E-state index contributed by atoms with van der Waals surface area (Å²) in [4.78, 5) is 43.4. The first-order valence-electron chi connectivity index (χ1n) is 12.0. The highest BCUT2D eigenvalue weighted by molar-refractivity contribution is 6.11. The average molecular weight is 467 g/mol. The lowest BCUT2D eigenvalue weighted by Gasteiger charge is -2.30. The predicted octanol–water partition coefficient (Wildman–Crippen LogP) is 4.31. The van der Waals surface area contributed by atoms with Crippen LogP contribution in [0.4, 0.5) is 8.78 Å². The largest absolute Gasteiger partial charge is 0.342 e. The second-order valence-electron chi connectivity index (χ2n) is 9.83. The van der Waals surface area contributed by atoms with Gasteiger partial charge in [-0.1, -0.05) is 37.1 Å². The van der Waals surface area contributed by atoms with Crippen LogP contribution in [0.15, 0.2) is 48.5 Å². The van der Waals surface area contributed by atoms with E-state index in [-0.39, 0.29) is 48.3 Å². The minimum absolute atomic E-state index is 0.0885. The first-order valence-corrected chi connectivity index (χ1v) is 12.0. The molecule has 0 radical (unpaired) electrons. The number of carbonyl (C=O) groups excluding carboxylic acids is 3. The molecule has 178 valence electrons. The van der Waals surface area contributed by atoms with Crippen LogP contribution in [0.2, 0.25) is 0 Å². The number of halogens is 2. The van der Waals surface area contributed by atoms with Crippen LogP contribution in [0.5, 0.6) is 0 Å². The number of amides is 3. The maximum atomic E-state index is 14.2. The Kier molecular flexibility index (Phi) is 5.96. The normalized spacial score (nSPS) is 25.5. The predicted molar refractivity (Wildman–Crippen MR) is 122 cm³/mol. The van der Waals surface area contributed by atoms with Crippen LogP contribution in [0, 0.1) is 11.6 Å². The van der Waals surface area contributed by atoms with E-state index in [0.29, 0.717) is 18.7 Å². The molecule has 7 heteroatoms. The van der Waals surface area contributed by atoms with Gasteiger partial charge in [-0.15, -0.1) is 0 Å². The smallest absolute Gasteiger partial charge is 0.241 e. The molecule has 2 atom stereocenters. The van der Waals surface area contributed by atoms with E-state index in [4.69, 9.17) is 0 Å². The topological polar surface area (TPSA) is 57.7 Å². The van der Waals surface area contributed by atoms with Crippen LogP contribution in [-0.2, 0) is 19.8 Å². The summed E-state index contributed by atoms with van der Waals surface area (Å²) < 4.78 is 27.5. The van der Waals surface area contributed by atoms with E-state index in [2.05, 4.69) is 0 Å². The summed E-state index contributed by atoms with van der Waals surface area (Å²) in [5, 5.41) is 0. The fraction of sp³-hybridized carbons (Fsp3) is 0.444. The minimum atomic E-state index is -1.38. The van der Waals surface area contributed by atoms with Gasteiger partial charge < -0.3 is 4.90 Å². The van der Waals surface area contributed by atoms with E-state index in [0.717, 1.165) is 37.7 Å². The molecule has 0 unspecified atom stereocenters. The zero-order chi connectivity index (χ0) is 23.9. The second-order valence-corrected chi connectivity index (χ2v) is 9.83. The number of carbonyl (C=O) groups is 3. The molecule has 0 N–H and O–H groups in total. The molecule has 2 aromatic carbocycles. The van der Waals surface area contributed by atoms with Crippen LogP contribution in [-0.4, -0.2) is 46.7 Å². The van der Waals surface area contributed by atoms with E-state index < -0.39 is 11.2 Å². The van der Waals surface area contributed by atoms with Gasteiger partial charge in [-0.3, -0.25) is 19.3 Å². The number of benzene rings is 2. The van der Waals surface area contributed by atoms with E-state index in [1.165, 1.54) is 35.2 Å². The Hall–Kier alpha value is -3.09. The Morgan fingerprint density at radius 2 is 1.71 bits per heavy atom. The van der Waals surface area contributed by atoms with Crippen molar-refractivity contribution in [3.05, 3.63) is 71.3 Å². The van der Waals surface area contributed by atoms with Crippen molar-refractivity contribution in [2.24, 2.45) is 0 Å². The van der Waals surface area contributed by atoms with Crippen LogP contribution < -0.4 is 0 Å². The molecule has 3 fully saturated rings. The van der Waals surface area contributed by atoms with Crippen LogP contribution >= 0.6 is 0 Å². The molecule has 2 aliphatic heterocycles. The van der Waals surface area contributed by atoms with Gasteiger partial charge in [-0.2, -0.15) is 0 Å². The van der Waals surface area contributed by atoms with Crippen molar-refractivity contribution in [1.82, 2.24) is 9.80 Å². The van der Waals surface area contributed by atoms with Crippen molar-refractivity contribution >= 4 is 17.7 Å². The number of rotatable bonds is 5. The average Bonchev–Trinajstić information content (AvgIpc) is 3.55. The molecule has 0 bridgehead atoms. The highest BCUT2D eigenvalue weighted by Crippen LogP contribution is 2.43. The summed E-state index contributed by atoms with van der Waals surface area (Å²) in [6, 6.07) is 11.9. The van der Waals surface area contributed by atoms with Gasteiger partial charge in [0.2, 0.25) is 17.7 Å². The molecule has 1 aliphatic carbocycles. The summed E-state index contributed by atoms with van der Waals surface area (Å²) in [6.45, 7) is 0.993. The third-order valence-electron chi connectivity index (χ3n) is 7.75. The maximum absolute atomic E-state index is 14.2. The summed E-state index contributed by atoms with van der Waals surface area (Å²) in [5.74, 6) is -1.59. The molecule has 0 aromatic heterocycles. The van der Waals surface area contributed by atoms with Gasteiger partial charge in [-0.25, -0.2) is 8.78 Å². The lowest BCUT2D eigenvalue weighted by molar-refractivity contribution is -0.144. The Balaban J connectivity index is 1.40. The third-order valence-corrected chi connectivity index (χ3v) is 7.75. The Bertz CT molecular complexity index is 1110. The first kappa shape index (κ1) is 22.7. The van der Waals surface area contributed by atoms with Crippen molar-refractivity contribution < 1.29 is 23.2 Å². The number of imide groups is 1. The zero-order valence-electron chi connectivity index (χ0n) is 19.0.